The lowest BCUT2D eigenvalue weighted by atomic mass is 9.81. The van der Waals surface area contributed by atoms with Gasteiger partial charge in [0.05, 0.1) is 0 Å². The van der Waals surface area contributed by atoms with Crippen LogP contribution in [0.1, 0.15) is 30.9 Å². The summed E-state index contributed by atoms with van der Waals surface area (Å²) in [6.07, 6.45) is 5.66. The summed E-state index contributed by atoms with van der Waals surface area (Å²) in [5.74, 6) is 0.619. The molecule has 1 atom stereocenters. The van der Waals surface area contributed by atoms with Crippen molar-refractivity contribution < 1.29 is 4.79 Å². The van der Waals surface area contributed by atoms with Gasteiger partial charge in [-0.15, -0.1) is 0 Å². The SMILES string of the molecule is CNc1ccc(/C=C2\CC(C)C/C(=C\c3ccc(N)cc3)C2=O)cc1. The molecule has 0 bridgehead atoms. The fraction of sp³-hybridized carbons (Fsp3) is 0.227. The molecule has 3 N–H and O–H groups in total. The Bertz CT molecular complexity index is 814. The molecule has 0 aromatic heterocycles. The van der Waals surface area contributed by atoms with Crippen LogP contribution < -0.4 is 11.1 Å². The van der Waals surface area contributed by atoms with Gasteiger partial charge >= 0.3 is 0 Å². The summed E-state index contributed by atoms with van der Waals surface area (Å²) < 4.78 is 0. The molecular weight excluding hydrogens is 308 g/mol. The highest BCUT2D eigenvalue weighted by molar-refractivity contribution is 6.14. The van der Waals surface area contributed by atoms with Gasteiger partial charge in [-0.1, -0.05) is 31.2 Å². The van der Waals surface area contributed by atoms with Crippen LogP contribution in [0.25, 0.3) is 12.2 Å². The van der Waals surface area contributed by atoms with Gasteiger partial charge < -0.3 is 11.1 Å². The zero-order chi connectivity index (χ0) is 17.8. The van der Waals surface area contributed by atoms with Crippen LogP contribution in [-0.2, 0) is 4.79 Å². The van der Waals surface area contributed by atoms with Crippen molar-refractivity contribution in [1.82, 2.24) is 0 Å². The fourth-order valence-electron chi connectivity index (χ4n) is 3.20. The second kappa shape index (κ2) is 7.39. The van der Waals surface area contributed by atoms with E-state index in [4.69, 9.17) is 5.73 Å². The van der Waals surface area contributed by atoms with Gasteiger partial charge in [-0.25, -0.2) is 0 Å². The van der Waals surface area contributed by atoms with Gasteiger partial charge in [0, 0.05) is 29.6 Å². The first-order valence-corrected chi connectivity index (χ1v) is 8.64. The van der Waals surface area contributed by atoms with Crippen molar-refractivity contribution in [2.75, 3.05) is 18.1 Å². The lowest BCUT2D eigenvalue weighted by Crippen LogP contribution is -2.18. The predicted octanol–water partition coefficient (Wildman–Crippen LogP) is 4.78. The van der Waals surface area contributed by atoms with Crippen LogP contribution in [0.3, 0.4) is 0 Å². The summed E-state index contributed by atoms with van der Waals surface area (Å²) in [6.45, 7) is 2.20. The van der Waals surface area contributed by atoms with E-state index in [1.54, 1.807) is 0 Å². The quantitative estimate of drug-likeness (QED) is 0.628. The van der Waals surface area contributed by atoms with E-state index in [0.717, 1.165) is 46.5 Å². The lowest BCUT2D eigenvalue weighted by Gasteiger charge is -2.22. The van der Waals surface area contributed by atoms with Gasteiger partial charge in [0.15, 0.2) is 5.78 Å². The Morgan fingerprint density at radius 2 is 1.40 bits per heavy atom. The molecule has 1 unspecified atom stereocenters. The molecule has 1 fully saturated rings. The maximum absolute atomic E-state index is 12.9. The average molecular weight is 332 g/mol. The van der Waals surface area contributed by atoms with Gasteiger partial charge in [0.1, 0.15) is 0 Å². The molecule has 0 heterocycles. The highest BCUT2D eigenvalue weighted by Crippen LogP contribution is 2.32. The first-order chi connectivity index (χ1) is 12.0. The van der Waals surface area contributed by atoms with Crippen molar-refractivity contribution in [1.29, 1.82) is 0 Å². The number of nitrogens with two attached hydrogens (primary N) is 1. The van der Waals surface area contributed by atoms with Gasteiger partial charge in [-0.05, 0) is 66.3 Å². The van der Waals surface area contributed by atoms with Crippen LogP contribution in [0.4, 0.5) is 11.4 Å². The van der Waals surface area contributed by atoms with E-state index in [-0.39, 0.29) is 5.78 Å². The van der Waals surface area contributed by atoms with E-state index in [0.29, 0.717) is 5.92 Å². The fourth-order valence-corrected chi connectivity index (χ4v) is 3.20. The van der Waals surface area contributed by atoms with E-state index >= 15 is 0 Å². The summed E-state index contributed by atoms with van der Waals surface area (Å²) >= 11 is 0. The normalized spacial score (nSPS) is 20.9. The minimum absolute atomic E-state index is 0.160. The van der Waals surface area contributed by atoms with Crippen LogP contribution in [0, 0.1) is 5.92 Å². The minimum Gasteiger partial charge on any atom is -0.399 e. The number of nitrogens with one attached hydrogen (secondary N) is 1. The van der Waals surface area contributed by atoms with Crippen LogP contribution >= 0.6 is 0 Å². The zero-order valence-electron chi connectivity index (χ0n) is 14.8. The molecule has 2 aromatic carbocycles. The Balaban J connectivity index is 1.88. The van der Waals surface area contributed by atoms with Crippen molar-refractivity contribution in [3.63, 3.8) is 0 Å². The van der Waals surface area contributed by atoms with E-state index in [9.17, 15) is 4.79 Å². The summed E-state index contributed by atoms with van der Waals surface area (Å²) in [4.78, 5) is 12.9. The molecule has 3 nitrogen and oxygen atoms in total. The molecule has 1 aliphatic carbocycles. The van der Waals surface area contributed by atoms with Gasteiger partial charge in [-0.3, -0.25) is 4.79 Å². The second-order valence-corrected chi connectivity index (χ2v) is 6.72. The maximum Gasteiger partial charge on any atom is 0.185 e. The topological polar surface area (TPSA) is 55.1 Å². The Labute approximate surface area is 149 Å². The monoisotopic (exact) mass is 332 g/mol. The molecule has 1 saturated carbocycles. The number of ketones is 1. The highest BCUT2D eigenvalue weighted by atomic mass is 16.1. The van der Waals surface area contributed by atoms with Crippen LogP contribution in [0.15, 0.2) is 59.7 Å². The lowest BCUT2D eigenvalue weighted by molar-refractivity contribution is -0.113. The number of rotatable bonds is 3. The summed E-state index contributed by atoms with van der Waals surface area (Å²) in [7, 11) is 1.90. The van der Waals surface area contributed by atoms with Crippen LogP contribution in [-0.4, -0.2) is 12.8 Å². The van der Waals surface area contributed by atoms with E-state index in [1.165, 1.54) is 0 Å². The molecule has 0 radical (unpaired) electrons. The Kier molecular flexibility index (Phi) is 5.03. The summed E-state index contributed by atoms with van der Waals surface area (Å²) in [5, 5.41) is 3.11. The van der Waals surface area contributed by atoms with E-state index in [2.05, 4.69) is 12.2 Å². The summed E-state index contributed by atoms with van der Waals surface area (Å²) in [5.41, 5.74) is 11.4. The standard InChI is InChI=1S/C22H24N2O/c1-15-11-18(13-16-3-7-20(23)8-4-16)22(25)19(12-15)14-17-5-9-21(24-2)10-6-17/h3-10,13-15,24H,11-12,23H2,1-2H3/b18-13+,19-14+. The average Bonchev–Trinajstić information content (AvgIpc) is 2.61. The van der Waals surface area contributed by atoms with Crippen molar-refractivity contribution in [3.05, 3.63) is 70.8 Å². The third-order valence-electron chi connectivity index (χ3n) is 4.54. The largest absolute Gasteiger partial charge is 0.399 e. The first kappa shape index (κ1) is 17.0. The number of anilines is 2. The van der Waals surface area contributed by atoms with Gasteiger partial charge in [-0.2, -0.15) is 0 Å². The smallest absolute Gasteiger partial charge is 0.185 e. The third kappa shape index (κ3) is 4.18. The molecule has 0 saturated heterocycles. The van der Waals surface area contributed by atoms with Crippen molar-refractivity contribution in [2.45, 2.75) is 19.8 Å². The number of carbonyl (C=O) groups excluding carboxylic acids is 1. The van der Waals surface area contributed by atoms with Crippen LogP contribution in [0.5, 0.6) is 0 Å². The molecule has 0 spiro atoms. The number of allylic oxidation sites excluding steroid dienone is 2. The van der Waals surface area contributed by atoms with Crippen molar-refractivity contribution >= 4 is 29.3 Å². The van der Waals surface area contributed by atoms with E-state index in [1.807, 2.05) is 67.7 Å². The van der Waals surface area contributed by atoms with Crippen molar-refractivity contribution in [2.24, 2.45) is 5.92 Å². The number of hydrogen-bond acceptors (Lipinski definition) is 3. The molecule has 0 aliphatic heterocycles. The Morgan fingerprint density at radius 1 is 0.920 bits per heavy atom. The molecule has 1 aliphatic rings. The molecule has 2 aromatic rings. The number of carbonyl (C=O) groups is 1. The number of benzene rings is 2. The van der Waals surface area contributed by atoms with Gasteiger partial charge in [0.2, 0.25) is 0 Å². The Morgan fingerprint density at radius 3 is 1.88 bits per heavy atom. The third-order valence-corrected chi connectivity index (χ3v) is 4.54. The molecule has 3 rings (SSSR count). The highest BCUT2D eigenvalue weighted by Gasteiger charge is 2.25. The molecule has 25 heavy (non-hydrogen) atoms. The Hall–Kier alpha value is -2.81. The summed E-state index contributed by atoms with van der Waals surface area (Å²) in [6, 6.07) is 15.8. The minimum atomic E-state index is 0.160. The zero-order valence-corrected chi connectivity index (χ0v) is 14.8. The number of hydrogen-bond donors (Lipinski definition) is 2. The number of Topliss-reactive ketones (excluding diaryl/α,β-unsaturated/α-hetero) is 1. The maximum atomic E-state index is 12.9. The predicted molar refractivity (Wildman–Crippen MR) is 106 cm³/mol. The van der Waals surface area contributed by atoms with Crippen LogP contribution in [0.2, 0.25) is 0 Å². The second-order valence-electron chi connectivity index (χ2n) is 6.72. The molecule has 3 heteroatoms. The van der Waals surface area contributed by atoms with Crippen molar-refractivity contribution in [3.8, 4) is 0 Å². The molecular formula is C22H24N2O. The first-order valence-electron chi connectivity index (χ1n) is 8.64. The van der Waals surface area contributed by atoms with Gasteiger partial charge in [0.25, 0.3) is 0 Å². The molecule has 128 valence electrons. The number of nitrogen functional groups attached to an aromatic ring is 1. The molecule has 0 amide bonds. The van der Waals surface area contributed by atoms with E-state index < -0.39 is 0 Å².